The third kappa shape index (κ3) is 2.79. The molecule has 6 heteroatoms. The maximum absolute atomic E-state index is 12.0. The number of carbonyl (C=O) groups excluding carboxylic acids is 1. The number of carbonyl (C=O) groups is 1. The molecule has 0 aliphatic heterocycles. The molecule has 1 aromatic carbocycles. The number of nitrogens with zero attached hydrogens (tertiary/aromatic N) is 3. The molecule has 0 bridgehead atoms. The largest absolute Gasteiger partial charge is 0.411 e. The van der Waals surface area contributed by atoms with Gasteiger partial charge in [0, 0.05) is 18.8 Å². The van der Waals surface area contributed by atoms with Crippen LogP contribution in [-0.4, -0.2) is 26.4 Å². The Morgan fingerprint density at radius 2 is 2.16 bits per heavy atom. The van der Waals surface area contributed by atoms with Crippen molar-refractivity contribution < 1.29 is 10.0 Å². The van der Waals surface area contributed by atoms with E-state index in [2.05, 4.69) is 15.5 Å². The summed E-state index contributed by atoms with van der Waals surface area (Å²) in [5, 5.41) is 14.7. The molecule has 0 spiro atoms. The van der Waals surface area contributed by atoms with Crippen LogP contribution in [0.1, 0.15) is 23.0 Å². The lowest BCUT2D eigenvalue weighted by Crippen LogP contribution is -2.14. The Hall–Kier alpha value is -2.63. The molecule has 0 saturated heterocycles. The summed E-state index contributed by atoms with van der Waals surface area (Å²) in [5.74, 6) is -0.307. The van der Waals surface area contributed by atoms with Gasteiger partial charge in [-0.05, 0) is 13.0 Å². The topological polar surface area (TPSA) is 79.5 Å². The number of para-hydroxylation sites is 1. The van der Waals surface area contributed by atoms with Crippen molar-refractivity contribution in [1.29, 1.82) is 0 Å². The minimum Gasteiger partial charge on any atom is -0.411 e. The van der Waals surface area contributed by atoms with Gasteiger partial charge in [0.15, 0.2) is 0 Å². The van der Waals surface area contributed by atoms with Gasteiger partial charge in [0.1, 0.15) is 5.69 Å². The third-order valence-corrected chi connectivity index (χ3v) is 2.65. The number of anilines is 1. The monoisotopic (exact) mass is 258 g/mol. The van der Waals surface area contributed by atoms with Gasteiger partial charge in [-0.2, -0.15) is 0 Å². The maximum Gasteiger partial charge on any atom is 0.275 e. The molecule has 0 fully saturated rings. The van der Waals surface area contributed by atoms with Crippen LogP contribution >= 0.6 is 0 Å². The molecule has 2 N–H and O–H groups in total. The summed E-state index contributed by atoms with van der Waals surface area (Å²) >= 11 is 0. The van der Waals surface area contributed by atoms with Crippen molar-refractivity contribution in [1.82, 2.24) is 9.55 Å². The maximum atomic E-state index is 12.0. The molecule has 98 valence electrons. The Balaban J connectivity index is 2.27. The summed E-state index contributed by atoms with van der Waals surface area (Å²) in [6, 6.07) is 7.11. The van der Waals surface area contributed by atoms with Crippen molar-refractivity contribution in [3.05, 3.63) is 48.0 Å². The van der Waals surface area contributed by atoms with Gasteiger partial charge in [-0.1, -0.05) is 23.4 Å². The fourth-order valence-electron chi connectivity index (χ4n) is 1.68. The number of aryl methyl sites for hydroxylation is 1. The summed E-state index contributed by atoms with van der Waals surface area (Å²) in [5.41, 5.74) is 2.00. The van der Waals surface area contributed by atoms with Crippen molar-refractivity contribution in [2.24, 2.45) is 12.2 Å². The van der Waals surface area contributed by atoms with Gasteiger partial charge in [-0.25, -0.2) is 4.98 Å². The molecule has 0 unspecified atom stereocenters. The number of nitrogens with one attached hydrogen (secondary N) is 1. The quantitative estimate of drug-likeness (QED) is 0.501. The van der Waals surface area contributed by atoms with Crippen LogP contribution < -0.4 is 5.32 Å². The van der Waals surface area contributed by atoms with Crippen LogP contribution in [0.3, 0.4) is 0 Å². The van der Waals surface area contributed by atoms with E-state index in [1.54, 1.807) is 55.3 Å². The summed E-state index contributed by atoms with van der Waals surface area (Å²) in [4.78, 5) is 16.0. The van der Waals surface area contributed by atoms with Crippen molar-refractivity contribution >= 4 is 17.3 Å². The van der Waals surface area contributed by atoms with E-state index in [9.17, 15) is 4.79 Å². The van der Waals surface area contributed by atoms with Crippen molar-refractivity contribution in [2.75, 3.05) is 5.32 Å². The molecule has 6 nitrogen and oxygen atoms in total. The number of imidazole rings is 1. The molecule has 2 aromatic rings. The zero-order chi connectivity index (χ0) is 13.8. The summed E-state index contributed by atoms with van der Waals surface area (Å²) < 4.78 is 1.70. The Labute approximate surface area is 110 Å². The van der Waals surface area contributed by atoms with E-state index in [-0.39, 0.29) is 5.91 Å². The molecule has 1 aromatic heterocycles. The average molecular weight is 258 g/mol. The molecule has 0 aliphatic carbocycles. The first kappa shape index (κ1) is 12.8. The Morgan fingerprint density at radius 1 is 1.42 bits per heavy atom. The van der Waals surface area contributed by atoms with Gasteiger partial charge in [-0.3, -0.25) is 4.79 Å². The van der Waals surface area contributed by atoms with Crippen molar-refractivity contribution in [2.45, 2.75) is 6.92 Å². The van der Waals surface area contributed by atoms with Crippen LogP contribution in [0, 0.1) is 0 Å². The molecule has 0 atom stereocenters. The summed E-state index contributed by atoms with van der Waals surface area (Å²) in [7, 11) is 1.79. The molecule has 1 heterocycles. The van der Waals surface area contributed by atoms with Gasteiger partial charge >= 0.3 is 0 Å². The highest BCUT2D eigenvalue weighted by Gasteiger charge is 2.12. The predicted octanol–water partition coefficient (Wildman–Crippen LogP) is 1.87. The number of amides is 1. The standard InChI is InChI=1S/C13H14N4O2/c1-9(16-19)10-5-3-4-6-11(10)15-13(18)12-7-17(2)8-14-12/h3-8,19H,1-2H3,(H,15,18)/b16-9-. The second-order valence-corrected chi connectivity index (χ2v) is 4.11. The van der Waals surface area contributed by atoms with Gasteiger partial charge < -0.3 is 15.1 Å². The highest BCUT2D eigenvalue weighted by molar-refractivity contribution is 6.09. The van der Waals surface area contributed by atoms with Gasteiger partial charge in [0.25, 0.3) is 5.91 Å². The smallest absolute Gasteiger partial charge is 0.275 e. The number of rotatable bonds is 3. The van der Waals surface area contributed by atoms with Crippen LogP contribution in [0.4, 0.5) is 5.69 Å². The highest BCUT2D eigenvalue weighted by Crippen LogP contribution is 2.16. The normalized spacial score (nSPS) is 11.4. The minimum atomic E-state index is -0.307. The molecule has 1 amide bonds. The van der Waals surface area contributed by atoms with E-state index in [4.69, 9.17) is 5.21 Å². The predicted molar refractivity (Wildman–Crippen MR) is 71.6 cm³/mol. The summed E-state index contributed by atoms with van der Waals surface area (Å²) in [6.45, 7) is 1.66. The van der Waals surface area contributed by atoms with Crippen LogP contribution in [0.25, 0.3) is 0 Å². The van der Waals surface area contributed by atoms with E-state index < -0.39 is 0 Å². The molecule has 0 saturated carbocycles. The van der Waals surface area contributed by atoms with Crippen molar-refractivity contribution in [3.8, 4) is 0 Å². The van der Waals surface area contributed by atoms with E-state index >= 15 is 0 Å². The first-order valence-electron chi connectivity index (χ1n) is 5.69. The van der Waals surface area contributed by atoms with E-state index in [1.807, 2.05) is 0 Å². The van der Waals surface area contributed by atoms with Crippen LogP contribution in [-0.2, 0) is 7.05 Å². The zero-order valence-corrected chi connectivity index (χ0v) is 10.7. The van der Waals surface area contributed by atoms with Crippen LogP contribution in [0.2, 0.25) is 0 Å². The number of benzene rings is 1. The first-order valence-corrected chi connectivity index (χ1v) is 5.69. The SMILES string of the molecule is C/C(=N/O)c1ccccc1NC(=O)c1cn(C)cn1. The van der Waals surface area contributed by atoms with Gasteiger partial charge in [-0.15, -0.1) is 0 Å². The second-order valence-electron chi connectivity index (χ2n) is 4.11. The fourth-order valence-corrected chi connectivity index (χ4v) is 1.68. The van der Waals surface area contributed by atoms with E-state index in [0.29, 0.717) is 22.7 Å². The zero-order valence-electron chi connectivity index (χ0n) is 10.7. The van der Waals surface area contributed by atoms with Gasteiger partial charge in [0.2, 0.25) is 0 Å². The van der Waals surface area contributed by atoms with Gasteiger partial charge in [0.05, 0.1) is 17.7 Å². The average Bonchev–Trinajstić information content (AvgIpc) is 2.85. The lowest BCUT2D eigenvalue weighted by molar-refractivity contribution is 0.102. The van der Waals surface area contributed by atoms with Crippen molar-refractivity contribution in [3.63, 3.8) is 0 Å². The fraction of sp³-hybridized carbons (Fsp3) is 0.154. The van der Waals surface area contributed by atoms with Crippen LogP contribution in [0.5, 0.6) is 0 Å². The Morgan fingerprint density at radius 3 is 2.79 bits per heavy atom. The lowest BCUT2D eigenvalue weighted by Gasteiger charge is -2.08. The van der Waals surface area contributed by atoms with E-state index in [1.165, 1.54) is 0 Å². The van der Waals surface area contributed by atoms with Crippen LogP contribution in [0.15, 0.2) is 41.9 Å². The molecule has 0 aliphatic rings. The molecular formula is C13H14N4O2. The highest BCUT2D eigenvalue weighted by atomic mass is 16.4. The molecule has 19 heavy (non-hydrogen) atoms. The number of hydrogen-bond acceptors (Lipinski definition) is 4. The summed E-state index contributed by atoms with van der Waals surface area (Å²) in [6.07, 6.45) is 3.19. The Bertz CT molecular complexity index is 631. The molecule has 2 rings (SSSR count). The second kappa shape index (κ2) is 5.34. The minimum absolute atomic E-state index is 0.307. The first-order chi connectivity index (χ1) is 9.11. The number of hydrogen-bond donors (Lipinski definition) is 2. The Kier molecular flexibility index (Phi) is 3.61. The molecule has 0 radical (unpaired) electrons. The van der Waals surface area contributed by atoms with E-state index in [0.717, 1.165) is 0 Å². The number of oxime groups is 1. The third-order valence-electron chi connectivity index (χ3n) is 2.65. The lowest BCUT2D eigenvalue weighted by atomic mass is 10.1. The molecular weight excluding hydrogens is 244 g/mol. The number of aromatic nitrogens is 2.